The van der Waals surface area contributed by atoms with Gasteiger partial charge in [-0.2, -0.15) is 0 Å². The zero-order valence-corrected chi connectivity index (χ0v) is 20.7. The maximum atomic E-state index is 9.71. The second kappa shape index (κ2) is 14.3. The van der Waals surface area contributed by atoms with Gasteiger partial charge in [0.15, 0.2) is 5.96 Å². The minimum atomic E-state index is 0. The average molecular weight is 537 g/mol. The molecule has 0 spiro atoms. The molecule has 0 amide bonds. The number of nitrogens with zero attached hydrogens (tertiary/aromatic N) is 3. The highest BCUT2D eigenvalue weighted by molar-refractivity contribution is 14.0. The monoisotopic (exact) mass is 537 g/mol. The van der Waals surface area contributed by atoms with E-state index in [-0.39, 0.29) is 36.5 Å². The highest BCUT2D eigenvalue weighted by atomic mass is 127. The first-order valence-electron chi connectivity index (χ1n) is 10.9. The lowest BCUT2D eigenvalue weighted by atomic mass is 10.0. The van der Waals surface area contributed by atoms with Gasteiger partial charge in [0.25, 0.3) is 0 Å². The predicted molar refractivity (Wildman–Crippen MR) is 141 cm³/mol. The Balaban J connectivity index is 0.00000341. The smallest absolute Gasteiger partial charge is 0.191 e. The quantitative estimate of drug-likeness (QED) is 0.199. The SMILES string of the molecule is CN=C(NCCCN1CCN(c2ccccc2)CC1)NCC(CO)c1ccccc1.I. The van der Waals surface area contributed by atoms with Crippen LogP contribution in [0.1, 0.15) is 17.9 Å². The Morgan fingerprint density at radius 2 is 1.61 bits per heavy atom. The third-order valence-electron chi connectivity index (χ3n) is 5.67. The number of piperazine rings is 1. The summed E-state index contributed by atoms with van der Waals surface area (Å²) in [6.45, 7) is 7.13. The van der Waals surface area contributed by atoms with E-state index in [0.29, 0.717) is 6.54 Å². The van der Waals surface area contributed by atoms with E-state index in [2.05, 4.69) is 67.9 Å². The number of benzene rings is 2. The summed E-state index contributed by atoms with van der Waals surface area (Å²) in [5.74, 6) is 0.851. The molecule has 0 aliphatic carbocycles. The number of nitrogens with one attached hydrogen (secondary N) is 2. The largest absolute Gasteiger partial charge is 0.396 e. The van der Waals surface area contributed by atoms with Crippen LogP contribution in [0.25, 0.3) is 0 Å². The molecule has 1 atom stereocenters. The van der Waals surface area contributed by atoms with Crippen molar-refractivity contribution in [1.82, 2.24) is 15.5 Å². The van der Waals surface area contributed by atoms with Crippen LogP contribution in [0.2, 0.25) is 0 Å². The third kappa shape index (κ3) is 8.31. The molecule has 1 heterocycles. The number of aliphatic hydroxyl groups excluding tert-OH is 1. The molecular formula is C24H36IN5O. The van der Waals surface area contributed by atoms with Crippen molar-refractivity contribution in [2.45, 2.75) is 12.3 Å². The molecule has 170 valence electrons. The van der Waals surface area contributed by atoms with Gasteiger partial charge in [0, 0.05) is 57.9 Å². The van der Waals surface area contributed by atoms with Crippen LogP contribution in [0, 0.1) is 0 Å². The van der Waals surface area contributed by atoms with Gasteiger partial charge in [-0.3, -0.25) is 9.89 Å². The van der Waals surface area contributed by atoms with Crippen molar-refractivity contribution in [2.24, 2.45) is 4.99 Å². The molecule has 31 heavy (non-hydrogen) atoms. The predicted octanol–water partition coefficient (Wildman–Crippen LogP) is 2.76. The molecule has 1 unspecified atom stereocenters. The normalized spacial score (nSPS) is 15.8. The van der Waals surface area contributed by atoms with Gasteiger partial charge in [-0.15, -0.1) is 24.0 Å². The Hall–Kier alpha value is -1.84. The molecule has 1 fully saturated rings. The lowest BCUT2D eigenvalue weighted by molar-refractivity contribution is 0.255. The maximum absolute atomic E-state index is 9.71. The van der Waals surface area contributed by atoms with E-state index >= 15 is 0 Å². The number of rotatable bonds is 9. The van der Waals surface area contributed by atoms with E-state index in [0.717, 1.165) is 57.2 Å². The molecule has 0 radical (unpaired) electrons. The first-order valence-corrected chi connectivity index (χ1v) is 10.9. The lowest BCUT2D eigenvalue weighted by Gasteiger charge is -2.36. The fourth-order valence-electron chi connectivity index (χ4n) is 3.83. The first kappa shape index (κ1) is 25.4. The van der Waals surface area contributed by atoms with Crippen molar-refractivity contribution >= 4 is 35.6 Å². The zero-order valence-electron chi connectivity index (χ0n) is 18.4. The van der Waals surface area contributed by atoms with Crippen molar-refractivity contribution in [3.8, 4) is 0 Å². The van der Waals surface area contributed by atoms with E-state index in [4.69, 9.17) is 0 Å². The molecule has 0 aromatic heterocycles. The van der Waals surface area contributed by atoms with Crippen molar-refractivity contribution in [2.75, 3.05) is 64.4 Å². The standard InChI is InChI=1S/C24H35N5O.HI/c1-25-24(27-19-22(20-30)21-9-4-2-5-10-21)26-13-8-14-28-15-17-29(18-16-28)23-11-6-3-7-12-23;/h2-7,9-12,22,30H,8,13-20H2,1H3,(H2,25,26,27);1H. The summed E-state index contributed by atoms with van der Waals surface area (Å²) >= 11 is 0. The first-order chi connectivity index (χ1) is 14.8. The number of guanidine groups is 1. The summed E-state index contributed by atoms with van der Waals surface area (Å²) in [4.78, 5) is 9.31. The summed E-state index contributed by atoms with van der Waals surface area (Å²) in [6, 6.07) is 20.8. The van der Waals surface area contributed by atoms with Gasteiger partial charge in [0.2, 0.25) is 0 Å². The lowest BCUT2D eigenvalue weighted by Crippen LogP contribution is -2.47. The van der Waals surface area contributed by atoms with Crippen molar-refractivity contribution in [1.29, 1.82) is 0 Å². The van der Waals surface area contributed by atoms with E-state index in [1.165, 1.54) is 5.69 Å². The minimum absolute atomic E-state index is 0. The van der Waals surface area contributed by atoms with E-state index < -0.39 is 0 Å². The van der Waals surface area contributed by atoms with Crippen LogP contribution >= 0.6 is 24.0 Å². The van der Waals surface area contributed by atoms with E-state index in [9.17, 15) is 5.11 Å². The van der Waals surface area contributed by atoms with Crippen molar-refractivity contribution in [3.05, 3.63) is 66.2 Å². The number of hydrogen-bond donors (Lipinski definition) is 3. The van der Waals surface area contributed by atoms with Gasteiger partial charge in [-0.25, -0.2) is 0 Å². The Morgan fingerprint density at radius 1 is 0.968 bits per heavy atom. The minimum Gasteiger partial charge on any atom is -0.396 e. The van der Waals surface area contributed by atoms with Gasteiger partial charge >= 0.3 is 0 Å². The molecule has 1 aliphatic heterocycles. The Bertz CT molecular complexity index is 751. The topological polar surface area (TPSA) is 63.1 Å². The number of para-hydroxylation sites is 1. The van der Waals surface area contributed by atoms with Gasteiger partial charge in [-0.1, -0.05) is 48.5 Å². The maximum Gasteiger partial charge on any atom is 0.191 e. The second-order valence-corrected chi connectivity index (χ2v) is 7.69. The number of halogens is 1. The molecule has 1 saturated heterocycles. The zero-order chi connectivity index (χ0) is 21.0. The van der Waals surface area contributed by atoms with Gasteiger partial charge < -0.3 is 20.6 Å². The number of aliphatic imine (C=N–C) groups is 1. The third-order valence-corrected chi connectivity index (χ3v) is 5.67. The molecule has 7 heteroatoms. The van der Waals surface area contributed by atoms with Crippen LogP contribution < -0.4 is 15.5 Å². The number of anilines is 1. The van der Waals surface area contributed by atoms with Crippen LogP contribution in [0.5, 0.6) is 0 Å². The van der Waals surface area contributed by atoms with Crippen LogP contribution in [0.3, 0.4) is 0 Å². The molecule has 0 saturated carbocycles. The fraction of sp³-hybridized carbons (Fsp3) is 0.458. The molecule has 0 bridgehead atoms. The summed E-state index contributed by atoms with van der Waals surface area (Å²) < 4.78 is 0. The fourth-order valence-corrected chi connectivity index (χ4v) is 3.83. The Morgan fingerprint density at radius 3 is 2.23 bits per heavy atom. The van der Waals surface area contributed by atoms with Crippen LogP contribution in [-0.2, 0) is 0 Å². The molecule has 3 rings (SSSR count). The van der Waals surface area contributed by atoms with Crippen molar-refractivity contribution < 1.29 is 5.11 Å². The second-order valence-electron chi connectivity index (χ2n) is 7.69. The Labute approximate surface area is 203 Å². The molecular weight excluding hydrogens is 501 g/mol. The highest BCUT2D eigenvalue weighted by Gasteiger charge is 2.16. The van der Waals surface area contributed by atoms with Crippen molar-refractivity contribution in [3.63, 3.8) is 0 Å². The van der Waals surface area contributed by atoms with E-state index in [1.54, 1.807) is 7.05 Å². The number of hydrogen-bond acceptors (Lipinski definition) is 4. The van der Waals surface area contributed by atoms with Gasteiger partial charge in [-0.05, 0) is 30.7 Å². The summed E-state index contributed by atoms with van der Waals surface area (Å²) in [6.07, 6.45) is 1.08. The Kier molecular flexibility index (Phi) is 11.7. The molecule has 6 nitrogen and oxygen atoms in total. The summed E-state index contributed by atoms with van der Waals surface area (Å²) in [5, 5.41) is 16.4. The molecule has 3 N–H and O–H groups in total. The molecule has 2 aromatic rings. The highest BCUT2D eigenvalue weighted by Crippen LogP contribution is 2.15. The van der Waals surface area contributed by atoms with Crippen LogP contribution in [-0.4, -0.2) is 75.4 Å². The number of aliphatic hydroxyl groups is 1. The van der Waals surface area contributed by atoms with Crippen LogP contribution in [0.15, 0.2) is 65.7 Å². The van der Waals surface area contributed by atoms with Gasteiger partial charge in [0.1, 0.15) is 0 Å². The van der Waals surface area contributed by atoms with Gasteiger partial charge in [0.05, 0.1) is 6.61 Å². The van der Waals surface area contributed by atoms with Crippen LogP contribution in [0.4, 0.5) is 5.69 Å². The summed E-state index contributed by atoms with van der Waals surface area (Å²) in [5.41, 5.74) is 2.46. The molecule has 2 aromatic carbocycles. The average Bonchev–Trinajstić information content (AvgIpc) is 2.82. The summed E-state index contributed by atoms with van der Waals surface area (Å²) in [7, 11) is 1.79. The molecule has 1 aliphatic rings. The van der Waals surface area contributed by atoms with E-state index in [1.807, 2.05) is 18.2 Å².